The van der Waals surface area contributed by atoms with Gasteiger partial charge in [0, 0.05) is 5.56 Å². The van der Waals surface area contributed by atoms with Crippen molar-refractivity contribution in [2.24, 2.45) is 5.41 Å². The van der Waals surface area contributed by atoms with Gasteiger partial charge in [0.2, 0.25) is 5.91 Å². The Morgan fingerprint density at radius 2 is 2.00 bits per heavy atom. The van der Waals surface area contributed by atoms with Gasteiger partial charge < -0.3 is 20.5 Å². The maximum Gasteiger partial charge on any atom is 0.251 e. The van der Waals surface area contributed by atoms with Crippen LogP contribution in [-0.2, 0) is 14.3 Å². The Morgan fingerprint density at radius 1 is 1.31 bits per heavy atom. The van der Waals surface area contributed by atoms with Crippen LogP contribution in [0.4, 0.5) is 0 Å². The topological polar surface area (TPSA) is 105 Å². The van der Waals surface area contributed by atoms with Crippen LogP contribution in [0.25, 0.3) is 0 Å². The van der Waals surface area contributed by atoms with Crippen LogP contribution in [0.15, 0.2) is 18.2 Å². The van der Waals surface area contributed by atoms with Gasteiger partial charge in [-0.1, -0.05) is 19.8 Å². The fourth-order valence-corrected chi connectivity index (χ4v) is 4.29. The van der Waals surface area contributed by atoms with Crippen molar-refractivity contribution in [3.05, 3.63) is 29.3 Å². The summed E-state index contributed by atoms with van der Waals surface area (Å²) in [6.07, 6.45) is 4.37. The number of nitrogens with one attached hydrogen (secondary N) is 2. The smallest absolute Gasteiger partial charge is 0.251 e. The van der Waals surface area contributed by atoms with E-state index in [0.29, 0.717) is 17.5 Å². The summed E-state index contributed by atoms with van der Waals surface area (Å²) in [5, 5.41) is 15.3. The van der Waals surface area contributed by atoms with E-state index in [1.54, 1.807) is 19.9 Å². The van der Waals surface area contributed by atoms with Gasteiger partial charge in [0.15, 0.2) is 5.78 Å². The second kappa shape index (κ2) is 8.53. The fourth-order valence-electron chi connectivity index (χ4n) is 4.29. The predicted molar refractivity (Wildman–Crippen MR) is 108 cm³/mol. The van der Waals surface area contributed by atoms with E-state index in [1.807, 2.05) is 0 Å². The minimum atomic E-state index is -0.750. The number of carbonyl (C=O) groups excluding carboxylic acids is 3. The van der Waals surface area contributed by atoms with E-state index in [-0.39, 0.29) is 41.5 Å². The van der Waals surface area contributed by atoms with Gasteiger partial charge >= 0.3 is 0 Å². The van der Waals surface area contributed by atoms with Gasteiger partial charge in [-0.05, 0) is 62.3 Å². The number of ether oxygens (including phenoxy) is 1. The van der Waals surface area contributed by atoms with Crippen molar-refractivity contribution in [1.29, 1.82) is 0 Å². The number of ketones is 1. The first-order chi connectivity index (χ1) is 13.7. The van der Waals surface area contributed by atoms with Gasteiger partial charge in [0.1, 0.15) is 24.4 Å². The third kappa shape index (κ3) is 4.96. The minimum Gasteiger partial charge on any atom is -0.508 e. The average molecular weight is 402 g/mol. The Morgan fingerprint density at radius 3 is 2.59 bits per heavy atom. The first kappa shape index (κ1) is 21.3. The lowest BCUT2D eigenvalue weighted by molar-refractivity contribution is -0.128. The molecule has 2 amide bonds. The number of benzene rings is 1. The summed E-state index contributed by atoms with van der Waals surface area (Å²) in [5.74, 6) is -0.783. The largest absolute Gasteiger partial charge is 0.508 e. The molecule has 0 unspecified atom stereocenters. The van der Waals surface area contributed by atoms with Crippen molar-refractivity contribution >= 4 is 17.6 Å². The highest BCUT2D eigenvalue weighted by atomic mass is 16.5. The van der Waals surface area contributed by atoms with Gasteiger partial charge in [-0.3, -0.25) is 14.4 Å². The Balaban J connectivity index is 1.76. The number of phenols is 1. The zero-order valence-corrected chi connectivity index (χ0v) is 17.3. The zero-order chi connectivity index (χ0) is 21.2. The van der Waals surface area contributed by atoms with Gasteiger partial charge in [-0.25, -0.2) is 0 Å². The van der Waals surface area contributed by atoms with Crippen LogP contribution in [0.2, 0.25) is 0 Å². The molecule has 158 valence electrons. The lowest BCUT2D eigenvalue weighted by Gasteiger charge is -2.30. The fraction of sp³-hybridized carbons (Fsp3) is 0.591. The molecule has 1 heterocycles. The number of hydrogen-bond acceptors (Lipinski definition) is 5. The SMILES string of the molecule is Cc1cc(C(=O)N[C@@H](CC2(C)CCCC2)C(=O)N[C@@H]2C(=O)CO[C@H]2C)ccc1O. The highest BCUT2D eigenvalue weighted by Gasteiger charge is 2.39. The molecule has 0 spiro atoms. The van der Waals surface area contributed by atoms with Crippen molar-refractivity contribution in [2.75, 3.05) is 6.61 Å². The zero-order valence-electron chi connectivity index (χ0n) is 17.3. The number of hydrogen-bond donors (Lipinski definition) is 3. The van der Waals surface area contributed by atoms with Crippen LogP contribution >= 0.6 is 0 Å². The summed E-state index contributed by atoms with van der Waals surface area (Å²) in [7, 11) is 0. The minimum absolute atomic E-state index is 0.00631. The normalized spacial score (nSPS) is 24.3. The van der Waals surface area contributed by atoms with Gasteiger partial charge in [0.05, 0.1) is 6.10 Å². The van der Waals surface area contributed by atoms with E-state index in [1.165, 1.54) is 12.1 Å². The summed E-state index contributed by atoms with van der Waals surface area (Å²) in [6.45, 7) is 5.60. The first-order valence-corrected chi connectivity index (χ1v) is 10.2. The number of phenolic OH excluding ortho intramolecular Hbond substituents is 1. The van der Waals surface area contributed by atoms with Crippen LogP contribution in [0, 0.1) is 12.3 Å². The van der Waals surface area contributed by atoms with E-state index in [4.69, 9.17) is 4.74 Å². The second-order valence-electron chi connectivity index (χ2n) is 8.72. The van der Waals surface area contributed by atoms with Gasteiger partial charge in [0.25, 0.3) is 5.91 Å². The second-order valence-corrected chi connectivity index (χ2v) is 8.72. The monoisotopic (exact) mass is 402 g/mol. The van der Waals surface area contributed by atoms with Crippen LogP contribution in [0.3, 0.4) is 0 Å². The van der Waals surface area contributed by atoms with Crippen LogP contribution in [-0.4, -0.2) is 47.5 Å². The average Bonchev–Trinajstić information content (AvgIpc) is 3.23. The molecule has 1 aliphatic heterocycles. The molecule has 2 fully saturated rings. The van der Waals surface area contributed by atoms with Crippen molar-refractivity contribution in [2.45, 2.75) is 71.1 Å². The molecular formula is C22H30N2O5. The van der Waals surface area contributed by atoms with Crippen LogP contribution in [0.5, 0.6) is 5.75 Å². The number of aryl methyl sites for hydroxylation is 1. The highest BCUT2D eigenvalue weighted by Crippen LogP contribution is 2.41. The maximum atomic E-state index is 13.0. The van der Waals surface area contributed by atoms with Crippen molar-refractivity contribution in [3.63, 3.8) is 0 Å². The number of carbonyl (C=O) groups is 3. The molecule has 0 aromatic heterocycles. The van der Waals surface area contributed by atoms with Crippen LogP contribution < -0.4 is 10.6 Å². The molecule has 29 heavy (non-hydrogen) atoms. The highest BCUT2D eigenvalue weighted by molar-refractivity contribution is 5.99. The predicted octanol–water partition coefficient (Wildman–Crippen LogP) is 2.24. The molecule has 7 heteroatoms. The lowest BCUT2D eigenvalue weighted by atomic mass is 9.81. The lowest BCUT2D eigenvalue weighted by Crippen LogP contribution is -2.54. The number of amides is 2. The molecule has 3 N–H and O–H groups in total. The van der Waals surface area contributed by atoms with E-state index >= 15 is 0 Å². The standard InChI is InChI=1S/C22H30N2O5/c1-13-10-15(6-7-17(13)25)20(27)23-16(11-22(3)8-4-5-9-22)21(28)24-19-14(2)29-12-18(19)26/h6-7,10,14,16,19,25H,4-5,8-9,11-12H2,1-3H3,(H,23,27)(H,24,28)/t14-,16-,19-/m0/s1. The summed E-state index contributed by atoms with van der Waals surface area (Å²) >= 11 is 0. The molecule has 1 aliphatic carbocycles. The summed E-state index contributed by atoms with van der Waals surface area (Å²) in [5.41, 5.74) is 0.939. The quantitative estimate of drug-likeness (QED) is 0.677. The molecule has 0 bridgehead atoms. The Kier molecular flexibility index (Phi) is 6.27. The number of Topliss-reactive ketones (excluding diaryl/α,β-unsaturated/α-hetero) is 1. The number of rotatable bonds is 6. The third-order valence-electron chi connectivity index (χ3n) is 6.19. The molecule has 1 aromatic carbocycles. The van der Waals surface area contributed by atoms with E-state index in [9.17, 15) is 19.5 Å². The van der Waals surface area contributed by atoms with Gasteiger partial charge in [-0.2, -0.15) is 0 Å². The van der Waals surface area contributed by atoms with E-state index < -0.39 is 12.1 Å². The molecule has 3 atom stereocenters. The molecule has 1 aromatic rings. The van der Waals surface area contributed by atoms with E-state index in [2.05, 4.69) is 17.6 Å². The summed E-state index contributed by atoms with van der Waals surface area (Å²) in [4.78, 5) is 37.8. The Hall–Kier alpha value is -2.41. The number of aromatic hydroxyl groups is 1. The molecular weight excluding hydrogens is 372 g/mol. The molecule has 7 nitrogen and oxygen atoms in total. The van der Waals surface area contributed by atoms with Crippen molar-refractivity contribution < 1.29 is 24.2 Å². The van der Waals surface area contributed by atoms with Crippen LogP contribution in [0.1, 0.15) is 61.9 Å². The summed E-state index contributed by atoms with van der Waals surface area (Å²) < 4.78 is 5.31. The Labute approximate surface area is 171 Å². The first-order valence-electron chi connectivity index (χ1n) is 10.2. The van der Waals surface area contributed by atoms with Crippen molar-refractivity contribution in [1.82, 2.24) is 10.6 Å². The van der Waals surface area contributed by atoms with Crippen molar-refractivity contribution in [3.8, 4) is 5.75 Å². The molecule has 0 radical (unpaired) electrons. The Bertz CT molecular complexity index is 800. The molecule has 1 saturated carbocycles. The van der Waals surface area contributed by atoms with Gasteiger partial charge in [-0.15, -0.1) is 0 Å². The molecule has 3 rings (SSSR count). The maximum absolute atomic E-state index is 13.0. The third-order valence-corrected chi connectivity index (χ3v) is 6.19. The molecule has 1 saturated heterocycles. The summed E-state index contributed by atoms with van der Waals surface area (Å²) in [6, 6.07) is 3.15. The van der Waals surface area contributed by atoms with E-state index in [0.717, 1.165) is 25.7 Å². The molecule has 2 aliphatic rings.